The summed E-state index contributed by atoms with van der Waals surface area (Å²) in [4.78, 5) is 15.4. The van der Waals surface area contributed by atoms with Crippen LogP contribution in [0.1, 0.15) is 6.42 Å². The van der Waals surface area contributed by atoms with Crippen LogP contribution in [0.15, 0.2) is 12.4 Å². The van der Waals surface area contributed by atoms with Crippen molar-refractivity contribution in [3.8, 4) is 0 Å². The molecule has 98 valence electrons. The molecule has 1 saturated heterocycles. The van der Waals surface area contributed by atoms with Crippen molar-refractivity contribution in [3.05, 3.63) is 12.4 Å². The van der Waals surface area contributed by atoms with E-state index in [2.05, 4.69) is 20.5 Å². The fourth-order valence-corrected chi connectivity index (χ4v) is 1.78. The molecule has 0 spiro atoms. The molecule has 1 aliphatic rings. The molecule has 2 heterocycles. The zero-order chi connectivity index (χ0) is 13.2. The highest BCUT2D eigenvalue weighted by atomic mass is 19.4. The molecule has 0 radical (unpaired) electrons. The van der Waals surface area contributed by atoms with Gasteiger partial charge in [-0.15, -0.1) is 5.10 Å². The molecule has 18 heavy (non-hydrogen) atoms. The molecule has 0 bridgehead atoms. The van der Waals surface area contributed by atoms with Gasteiger partial charge >= 0.3 is 6.18 Å². The number of amides is 1. The molecule has 1 aromatic heterocycles. The SMILES string of the molecule is O=C(Nc1nccnn1)C1(C(F)(F)F)CCNC1. The molecule has 0 saturated carbocycles. The topological polar surface area (TPSA) is 79.8 Å². The van der Waals surface area contributed by atoms with Gasteiger partial charge in [0.15, 0.2) is 5.41 Å². The van der Waals surface area contributed by atoms with Gasteiger partial charge in [-0.2, -0.15) is 18.3 Å². The molecule has 1 amide bonds. The Morgan fingerprint density at radius 3 is 2.72 bits per heavy atom. The maximum absolute atomic E-state index is 13.0. The lowest BCUT2D eigenvalue weighted by Crippen LogP contribution is -2.49. The molecule has 1 aromatic rings. The van der Waals surface area contributed by atoms with E-state index in [-0.39, 0.29) is 18.9 Å². The highest BCUT2D eigenvalue weighted by molar-refractivity contribution is 5.95. The predicted octanol–water partition coefficient (Wildman–Crippen LogP) is 0.352. The minimum absolute atomic E-state index is 0.140. The first-order valence-corrected chi connectivity index (χ1v) is 5.18. The number of anilines is 1. The Morgan fingerprint density at radius 1 is 1.44 bits per heavy atom. The maximum Gasteiger partial charge on any atom is 0.404 e. The van der Waals surface area contributed by atoms with E-state index in [0.717, 1.165) is 0 Å². The number of nitrogens with one attached hydrogen (secondary N) is 2. The second-order valence-electron chi connectivity index (χ2n) is 3.93. The van der Waals surface area contributed by atoms with Crippen molar-refractivity contribution < 1.29 is 18.0 Å². The summed E-state index contributed by atoms with van der Waals surface area (Å²) in [6.45, 7) is -0.302. The molecular formula is C9H10F3N5O. The summed E-state index contributed by atoms with van der Waals surface area (Å²) in [6, 6.07) is 0. The van der Waals surface area contributed by atoms with Gasteiger partial charge in [-0.25, -0.2) is 4.98 Å². The number of hydrogen-bond acceptors (Lipinski definition) is 5. The van der Waals surface area contributed by atoms with Gasteiger partial charge in [0.25, 0.3) is 0 Å². The number of aromatic nitrogens is 3. The molecule has 1 atom stereocenters. The number of alkyl halides is 3. The van der Waals surface area contributed by atoms with Crippen molar-refractivity contribution in [2.45, 2.75) is 12.6 Å². The third-order valence-corrected chi connectivity index (χ3v) is 2.84. The number of hydrogen-bond donors (Lipinski definition) is 2. The lowest BCUT2D eigenvalue weighted by atomic mass is 9.85. The second kappa shape index (κ2) is 4.48. The molecule has 0 aliphatic carbocycles. The lowest BCUT2D eigenvalue weighted by molar-refractivity contribution is -0.213. The van der Waals surface area contributed by atoms with Crippen molar-refractivity contribution >= 4 is 11.9 Å². The highest BCUT2D eigenvalue weighted by Crippen LogP contribution is 2.43. The van der Waals surface area contributed by atoms with Crippen molar-refractivity contribution in [2.75, 3.05) is 18.4 Å². The summed E-state index contributed by atoms with van der Waals surface area (Å²) >= 11 is 0. The van der Waals surface area contributed by atoms with Crippen molar-refractivity contribution in [2.24, 2.45) is 5.41 Å². The zero-order valence-electron chi connectivity index (χ0n) is 9.16. The van der Waals surface area contributed by atoms with E-state index in [1.54, 1.807) is 0 Å². The lowest BCUT2D eigenvalue weighted by Gasteiger charge is -2.28. The Kier molecular flexibility index (Phi) is 3.16. The van der Waals surface area contributed by atoms with Gasteiger partial charge in [0.05, 0.1) is 12.4 Å². The molecule has 1 unspecified atom stereocenters. The molecule has 1 aliphatic heterocycles. The molecule has 0 aromatic carbocycles. The summed E-state index contributed by atoms with van der Waals surface area (Å²) < 4.78 is 39.0. The van der Waals surface area contributed by atoms with Crippen LogP contribution in [0.25, 0.3) is 0 Å². The van der Waals surface area contributed by atoms with E-state index in [4.69, 9.17) is 0 Å². The van der Waals surface area contributed by atoms with Crippen molar-refractivity contribution in [1.82, 2.24) is 20.5 Å². The van der Waals surface area contributed by atoms with Gasteiger partial charge in [-0.1, -0.05) is 0 Å². The van der Waals surface area contributed by atoms with Gasteiger partial charge in [0, 0.05) is 6.54 Å². The summed E-state index contributed by atoms with van der Waals surface area (Å²) in [5, 5.41) is 11.4. The van der Waals surface area contributed by atoms with Crippen molar-refractivity contribution in [3.63, 3.8) is 0 Å². The van der Waals surface area contributed by atoms with E-state index in [1.807, 2.05) is 5.32 Å². The van der Waals surface area contributed by atoms with Crippen LogP contribution in [-0.2, 0) is 4.79 Å². The smallest absolute Gasteiger partial charge is 0.315 e. The third kappa shape index (κ3) is 2.13. The maximum atomic E-state index is 13.0. The fourth-order valence-electron chi connectivity index (χ4n) is 1.78. The number of rotatable bonds is 2. The van der Waals surface area contributed by atoms with E-state index in [0.29, 0.717) is 0 Å². The summed E-state index contributed by atoms with van der Waals surface area (Å²) in [5.74, 6) is -1.40. The molecule has 2 rings (SSSR count). The first kappa shape index (κ1) is 12.7. The minimum Gasteiger partial charge on any atom is -0.315 e. The van der Waals surface area contributed by atoms with E-state index < -0.39 is 24.0 Å². The van der Waals surface area contributed by atoms with E-state index in [9.17, 15) is 18.0 Å². The Morgan fingerprint density at radius 2 is 2.22 bits per heavy atom. The van der Waals surface area contributed by atoms with Crippen molar-refractivity contribution in [1.29, 1.82) is 0 Å². The third-order valence-electron chi connectivity index (χ3n) is 2.84. The Labute approximate surface area is 100 Å². The van der Waals surface area contributed by atoms with Crippen LogP contribution in [0.3, 0.4) is 0 Å². The molecule has 9 heteroatoms. The van der Waals surface area contributed by atoms with Gasteiger partial charge in [0.2, 0.25) is 11.9 Å². The highest BCUT2D eigenvalue weighted by Gasteiger charge is 2.61. The van der Waals surface area contributed by atoms with Gasteiger partial charge in [-0.3, -0.25) is 10.1 Å². The van der Waals surface area contributed by atoms with Gasteiger partial charge in [0.1, 0.15) is 0 Å². The zero-order valence-corrected chi connectivity index (χ0v) is 9.16. The number of carbonyl (C=O) groups excluding carboxylic acids is 1. The fraction of sp³-hybridized carbons (Fsp3) is 0.556. The van der Waals surface area contributed by atoms with E-state index >= 15 is 0 Å². The second-order valence-corrected chi connectivity index (χ2v) is 3.93. The number of nitrogens with zero attached hydrogens (tertiary/aromatic N) is 3. The Balaban J connectivity index is 2.20. The number of halogens is 3. The Hall–Kier alpha value is -1.77. The molecule has 1 fully saturated rings. The average Bonchev–Trinajstić information content (AvgIpc) is 2.80. The predicted molar refractivity (Wildman–Crippen MR) is 54.4 cm³/mol. The first-order valence-electron chi connectivity index (χ1n) is 5.18. The average molecular weight is 261 g/mol. The molecule has 2 N–H and O–H groups in total. The van der Waals surface area contributed by atoms with Crippen LogP contribution in [0.2, 0.25) is 0 Å². The largest absolute Gasteiger partial charge is 0.404 e. The summed E-state index contributed by atoms with van der Waals surface area (Å²) in [5.41, 5.74) is -2.42. The van der Waals surface area contributed by atoms with E-state index in [1.165, 1.54) is 12.4 Å². The van der Waals surface area contributed by atoms with Gasteiger partial charge < -0.3 is 5.32 Å². The van der Waals surface area contributed by atoms with Crippen LogP contribution in [-0.4, -0.2) is 40.4 Å². The first-order chi connectivity index (χ1) is 8.46. The van der Waals surface area contributed by atoms with Crippen LogP contribution < -0.4 is 10.6 Å². The normalized spacial score (nSPS) is 23.9. The van der Waals surface area contributed by atoms with Crippen LogP contribution in [0.5, 0.6) is 0 Å². The molecular weight excluding hydrogens is 251 g/mol. The quantitative estimate of drug-likeness (QED) is 0.803. The van der Waals surface area contributed by atoms with Crippen LogP contribution in [0.4, 0.5) is 19.1 Å². The monoisotopic (exact) mass is 261 g/mol. The van der Waals surface area contributed by atoms with Crippen LogP contribution in [0, 0.1) is 5.41 Å². The Bertz CT molecular complexity index is 430. The number of carbonyl (C=O) groups is 1. The summed E-state index contributed by atoms with van der Waals surface area (Å²) in [7, 11) is 0. The van der Waals surface area contributed by atoms with Gasteiger partial charge in [-0.05, 0) is 13.0 Å². The standard InChI is InChI=1S/C9H10F3N5O/c10-9(11,12)8(1-2-13-5-8)6(18)16-7-14-3-4-15-17-7/h3-4,13H,1-2,5H2,(H,14,16,17,18). The summed E-state index contributed by atoms with van der Waals surface area (Å²) in [6.07, 6.45) is -2.44. The minimum atomic E-state index is -4.62. The van der Waals surface area contributed by atoms with Crippen LogP contribution >= 0.6 is 0 Å². The molecule has 6 nitrogen and oxygen atoms in total.